The van der Waals surface area contributed by atoms with Crippen molar-refractivity contribution in [3.05, 3.63) is 28.5 Å². The lowest BCUT2D eigenvalue weighted by molar-refractivity contribution is -0.124. The largest absolute Gasteiger partial charge is 0.467 e. The number of nitrogens with zero attached hydrogens (tertiary/aromatic N) is 2. The van der Waals surface area contributed by atoms with Gasteiger partial charge in [-0.3, -0.25) is 4.79 Å². The second-order valence-corrected chi connectivity index (χ2v) is 5.52. The van der Waals surface area contributed by atoms with Gasteiger partial charge in [0.1, 0.15) is 6.33 Å². The van der Waals surface area contributed by atoms with Gasteiger partial charge in [0.25, 0.3) is 5.91 Å². The molecule has 0 bridgehead atoms. The number of aromatic nitrogens is 2. The number of fused-ring (bicyclic) bond motifs is 1. The average Bonchev–Trinajstić information content (AvgIpc) is 2.45. The Morgan fingerprint density at radius 1 is 1.36 bits per heavy atom. The summed E-state index contributed by atoms with van der Waals surface area (Å²) in [5.74, 6) is -0.0200. The topological polar surface area (TPSA) is 73.3 Å². The molecule has 8 heteroatoms. The van der Waals surface area contributed by atoms with Gasteiger partial charge in [0.15, 0.2) is 6.61 Å². The fraction of sp³-hybridized carbons (Fsp3) is 0.357. The normalized spacial score (nSPS) is 12.2. The average molecular weight is 344 g/mol. The van der Waals surface area contributed by atoms with E-state index in [1.807, 2.05) is 6.92 Å². The van der Waals surface area contributed by atoms with Gasteiger partial charge in [0.05, 0.1) is 22.5 Å². The second kappa shape index (κ2) is 7.58. The van der Waals surface area contributed by atoms with E-state index < -0.39 is 0 Å². The molecule has 22 heavy (non-hydrogen) atoms. The number of nitrogens with one attached hydrogen (secondary N) is 1. The Labute approximate surface area is 137 Å². The molecule has 6 nitrogen and oxygen atoms in total. The van der Waals surface area contributed by atoms with Crippen LogP contribution in [0.5, 0.6) is 5.88 Å². The second-order valence-electron chi connectivity index (χ2n) is 4.68. The number of benzene rings is 1. The van der Waals surface area contributed by atoms with Crippen molar-refractivity contribution in [1.29, 1.82) is 0 Å². The Morgan fingerprint density at radius 3 is 2.86 bits per heavy atom. The van der Waals surface area contributed by atoms with Gasteiger partial charge in [-0.1, -0.05) is 23.2 Å². The van der Waals surface area contributed by atoms with E-state index in [9.17, 15) is 4.79 Å². The molecule has 1 N–H and O–H groups in total. The van der Waals surface area contributed by atoms with Crippen LogP contribution in [-0.2, 0) is 9.53 Å². The molecule has 0 spiro atoms. The summed E-state index contributed by atoms with van der Waals surface area (Å²) < 4.78 is 10.4. The molecule has 1 unspecified atom stereocenters. The molecule has 1 aromatic heterocycles. The molecule has 1 atom stereocenters. The van der Waals surface area contributed by atoms with Gasteiger partial charge in [-0.25, -0.2) is 9.97 Å². The lowest BCUT2D eigenvalue weighted by Crippen LogP contribution is -2.38. The molecule has 0 saturated carbocycles. The highest BCUT2D eigenvalue weighted by atomic mass is 35.5. The molecule has 1 heterocycles. The molecular weight excluding hydrogens is 329 g/mol. The van der Waals surface area contributed by atoms with E-state index in [-0.39, 0.29) is 24.4 Å². The minimum atomic E-state index is -0.274. The molecule has 118 valence electrons. The number of ether oxygens (including phenoxy) is 2. The highest BCUT2D eigenvalue weighted by Crippen LogP contribution is 2.30. The standard InChI is InChI=1S/C14H15Cl2N3O3/c1-8(5-21-2)19-12(20)6-22-14-10-3-9(15)4-11(16)13(10)17-7-18-14/h3-4,7-8H,5-6H2,1-2H3,(H,19,20). The van der Waals surface area contributed by atoms with Crippen molar-refractivity contribution in [3.8, 4) is 5.88 Å². The maximum atomic E-state index is 11.8. The van der Waals surface area contributed by atoms with Crippen molar-refractivity contribution < 1.29 is 14.3 Å². The van der Waals surface area contributed by atoms with Crippen molar-refractivity contribution in [2.75, 3.05) is 20.3 Å². The maximum absolute atomic E-state index is 11.8. The Morgan fingerprint density at radius 2 is 2.14 bits per heavy atom. The van der Waals surface area contributed by atoms with E-state index in [1.165, 1.54) is 6.33 Å². The van der Waals surface area contributed by atoms with Crippen molar-refractivity contribution in [1.82, 2.24) is 15.3 Å². The van der Waals surface area contributed by atoms with Crippen LogP contribution in [0.15, 0.2) is 18.5 Å². The van der Waals surface area contributed by atoms with Gasteiger partial charge in [-0.15, -0.1) is 0 Å². The maximum Gasteiger partial charge on any atom is 0.258 e. The molecule has 2 rings (SSSR count). The fourth-order valence-electron chi connectivity index (χ4n) is 1.93. The number of methoxy groups -OCH3 is 1. The van der Waals surface area contributed by atoms with Crippen LogP contribution in [0.3, 0.4) is 0 Å². The molecule has 0 aliphatic carbocycles. The minimum Gasteiger partial charge on any atom is -0.467 e. The number of hydrogen-bond donors (Lipinski definition) is 1. The minimum absolute atomic E-state index is 0.105. The quantitative estimate of drug-likeness (QED) is 0.872. The summed E-state index contributed by atoms with van der Waals surface area (Å²) in [6.07, 6.45) is 1.32. The lowest BCUT2D eigenvalue weighted by Gasteiger charge is -2.13. The number of amides is 1. The molecule has 0 aliphatic rings. The smallest absolute Gasteiger partial charge is 0.258 e. The van der Waals surface area contributed by atoms with Gasteiger partial charge in [-0.2, -0.15) is 0 Å². The molecule has 0 saturated heterocycles. The molecular formula is C14H15Cl2N3O3. The summed E-state index contributed by atoms with van der Waals surface area (Å²) in [4.78, 5) is 19.9. The molecule has 1 amide bonds. The van der Waals surface area contributed by atoms with E-state index in [4.69, 9.17) is 32.7 Å². The number of carbonyl (C=O) groups is 1. The van der Waals surface area contributed by atoms with E-state index in [2.05, 4.69) is 15.3 Å². The van der Waals surface area contributed by atoms with Crippen molar-refractivity contribution in [3.63, 3.8) is 0 Å². The SMILES string of the molecule is COCC(C)NC(=O)COc1ncnc2c(Cl)cc(Cl)cc12. The molecule has 0 fully saturated rings. The Balaban J connectivity index is 2.10. The van der Waals surface area contributed by atoms with Gasteiger partial charge in [0, 0.05) is 18.2 Å². The van der Waals surface area contributed by atoms with Gasteiger partial charge < -0.3 is 14.8 Å². The Kier molecular flexibility index (Phi) is 5.76. The van der Waals surface area contributed by atoms with E-state index in [1.54, 1.807) is 19.2 Å². The predicted molar refractivity (Wildman–Crippen MR) is 84.5 cm³/mol. The third kappa shape index (κ3) is 4.19. The molecule has 0 aliphatic heterocycles. The first-order valence-corrected chi connectivity index (χ1v) is 7.27. The predicted octanol–water partition coefficient (Wildman–Crippen LogP) is 2.47. The van der Waals surface area contributed by atoms with E-state index in [0.29, 0.717) is 27.6 Å². The first-order chi connectivity index (χ1) is 10.5. The zero-order valence-electron chi connectivity index (χ0n) is 12.1. The monoisotopic (exact) mass is 343 g/mol. The number of hydrogen-bond acceptors (Lipinski definition) is 5. The van der Waals surface area contributed by atoms with Gasteiger partial charge in [0.2, 0.25) is 5.88 Å². The van der Waals surface area contributed by atoms with Crippen LogP contribution in [0.4, 0.5) is 0 Å². The fourth-order valence-corrected chi connectivity index (χ4v) is 2.47. The summed E-state index contributed by atoms with van der Waals surface area (Å²) in [6.45, 7) is 2.08. The first-order valence-electron chi connectivity index (χ1n) is 6.52. The zero-order valence-corrected chi connectivity index (χ0v) is 13.6. The van der Waals surface area contributed by atoms with E-state index in [0.717, 1.165) is 0 Å². The summed E-state index contributed by atoms with van der Waals surface area (Å²) in [6, 6.07) is 3.12. The third-order valence-electron chi connectivity index (χ3n) is 2.78. The Bertz CT molecular complexity index is 682. The van der Waals surface area contributed by atoms with Crippen LogP contribution in [-0.4, -0.2) is 42.2 Å². The van der Waals surface area contributed by atoms with Crippen molar-refractivity contribution >= 4 is 40.0 Å². The highest BCUT2D eigenvalue weighted by Gasteiger charge is 2.12. The summed E-state index contributed by atoms with van der Waals surface area (Å²) in [5, 5.41) is 4.13. The first kappa shape index (κ1) is 16.7. The Hall–Kier alpha value is -1.63. The highest BCUT2D eigenvalue weighted by molar-refractivity contribution is 6.38. The number of rotatable bonds is 6. The molecule has 2 aromatic rings. The van der Waals surface area contributed by atoms with Crippen LogP contribution >= 0.6 is 23.2 Å². The van der Waals surface area contributed by atoms with Crippen molar-refractivity contribution in [2.45, 2.75) is 13.0 Å². The van der Waals surface area contributed by atoms with Crippen molar-refractivity contribution in [2.24, 2.45) is 0 Å². The zero-order chi connectivity index (χ0) is 16.1. The number of halogens is 2. The van der Waals surface area contributed by atoms with Crippen LogP contribution in [0.25, 0.3) is 10.9 Å². The van der Waals surface area contributed by atoms with E-state index >= 15 is 0 Å². The third-order valence-corrected chi connectivity index (χ3v) is 3.29. The molecule has 1 aromatic carbocycles. The van der Waals surface area contributed by atoms with Crippen LogP contribution in [0, 0.1) is 0 Å². The van der Waals surface area contributed by atoms with Gasteiger partial charge >= 0.3 is 0 Å². The van der Waals surface area contributed by atoms with Gasteiger partial charge in [-0.05, 0) is 19.1 Å². The molecule has 0 radical (unpaired) electrons. The summed E-state index contributed by atoms with van der Waals surface area (Å²) in [7, 11) is 1.57. The number of carbonyl (C=O) groups excluding carboxylic acids is 1. The van der Waals surface area contributed by atoms with Crippen LogP contribution < -0.4 is 10.1 Å². The summed E-state index contributed by atoms with van der Waals surface area (Å²) >= 11 is 12.1. The van der Waals surface area contributed by atoms with Crippen LogP contribution in [0.1, 0.15) is 6.92 Å². The summed E-state index contributed by atoms with van der Waals surface area (Å²) in [5.41, 5.74) is 0.518. The lowest BCUT2D eigenvalue weighted by atomic mass is 10.2. The van der Waals surface area contributed by atoms with Crippen LogP contribution in [0.2, 0.25) is 10.0 Å².